The predicted octanol–water partition coefficient (Wildman–Crippen LogP) is -1.71. The average molecular weight is 134 g/mol. The van der Waals surface area contributed by atoms with E-state index in [9.17, 15) is 0 Å². The van der Waals surface area contributed by atoms with Gasteiger partial charge in [-0.15, -0.1) is 0 Å². The van der Waals surface area contributed by atoms with E-state index in [1.807, 2.05) is 0 Å². The first-order valence-corrected chi connectivity index (χ1v) is 1.43. The van der Waals surface area contributed by atoms with E-state index in [0.29, 0.717) is 0 Å². The molecule has 1 aromatic rings. The Balaban J connectivity index is -0.0000000833. The van der Waals surface area contributed by atoms with Gasteiger partial charge in [0.2, 0.25) is 0 Å². The summed E-state index contributed by atoms with van der Waals surface area (Å²) in [6, 6.07) is 0. The second-order valence-electron chi connectivity index (χ2n) is 0.761. The summed E-state index contributed by atoms with van der Waals surface area (Å²) in [6.07, 6.45) is 5.08. The first-order chi connectivity index (χ1) is 2.50. The van der Waals surface area contributed by atoms with Gasteiger partial charge in [0.25, 0.3) is 0 Å². The van der Waals surface area contributed by atoms with E-state index in [1.54, 1.807) is 18.7 Å². The minimum atomic E-state index is 0. The van der Waals surface area contributed by atoms with E-state index in [2.05, 4.69) is 9.97 Å². The van der Waals surface area contributed by atoms with Crippen LogP contribution in [0.1, 0.15) is 0 Å². The van der Waals surface area contributed by atoms with Crippen LogP contribution in [0.3, 0.4) is 0 Å². The predicted molar refractivity (Wildman–Crippen MR) is 36.5 cm³/mol. The van der Waals surface area contributed by atoms with E-state index in [0.717, 1.165) is 0 Å². The molecule has 38 valence electrons. The van der Waals surface area contributed by atoms with Crippen LogP contribution in [0.2, 0.25) is 0 Å². The molecular formula is C3H8N2Na2O. The van der Waals surface area contributed by atoms with Crippen LogP contribution in [0.4, 0.5) is 0 Å². The molecule has 0 aliphatic rings. The van der Waals surface area contributed by atoms with Gasteiger partial charge in [-0.3, -0.25) is 0 Å². The number of nitrogens with zero attached hydrogens (tertiary/aromatic N) is 1. The van der Waals surface area contributed by atoms with Crippen molar-refractivity contribution in [3.63, 3.8) is 0 Å². The summed E-state index contributed by atoms with van der Waals surface area (Å²) in [5.74, 6) is 0. The van der Waals surface area contributed by atoms with Crippen molar-refractivity contribution >= 4 is 59.1 Å². The molecule has 0 bridgehead atoms. The summed E-state index contributed by atoms with van der Waals surface area (Å²) < 4.78 is 0. The first-order valence-electron chi connectivity index (χ1n) is 1.43. The van der Waals surface area contributed by atoms with Gasteiger partial charge in [-0.25, -0.2) is 4.98 Å². The van der Waals surface area contributed by atoms with Crippen LogP contribution in [-0.4, -0.2) is 74.6 Å². The number of H-pyrrole nitrogens is 1. The maximum atomic E-state index is 3.67. The van der Waals surface area contributed by atoms with Crippen LogP contribution >= 0.6 is 0 Å². The van der Waals surface area contributed by atoms with Gasteiger partial charge in [-0.1, -0.05) is 0 Å². The second kappa shape index (κ2) is 11.0. The van der Waals surface area contributed by atoms with Crippen LogP contribution in [0.5, 0.6) is 0 Å². The molecule has 0 spiro atoms. The van der Waals surface area contributed by atoms with Crippen LogP contribution in [0, 0.1) is 0 Å². The zero-order valence-electron chi connectivity index (χ0n) is 3.18. The van der Waals surface area contributed by atoms with Crippen molar-refractivity contribution in [2.24, 2.45) is 0 Å². The maximum Gasteiger partial charge on any atom is 0.0919 e. The Bertz CT molecular complexity index is 71.8. The Morgan fingerprint density at radius 2 is 1.88 bits per heavy atom. The van der Waals surface area contributed by atoms with Gasteiger partial charge in [-0.2, -0.15) is 0 Å². The summed E-state index contributed by atoms with van der Waals surface area (Å²) in [4.78, 5) is 6.42. The second-order valence-corrected chi connectivity index (χ2v) is 0.761. The fourth-order valence-electron chi connectivity index (χ4n) is 0.215. The number of nitrogens with one attached hydrogen (secondary N) is 1. The normalized spacial score (nSPS) is 5.00. The largest absolute Gasteiger partial charge is 0.351 e. The van der Waals surface area contributed by atoms with E-state index >= 15 is 0 Å². The Kier molecular flexibility index (Phi) is 22.2. The molecule has 0 fully saturated rings. The molecule has 8 heavy (non-hydrogen) atoms. The van der Waals surface area contributed by atoms with E-state index in [1.165, 1.54) is 0 Å². The van der Waals surface area contributed by atoms with Gasteiger partial charge in [0, 0.05) is 12.4 Å². The monoisotopic (exact) mass is 134 g/mol. The van der Waals surface area contributed by atoms with Gasteiger partial charge in [0.15, 0.2) is 0 Å². The van der Waals surface area contributed by atoms with E-state index in [4.69, 9.17) is 0 Å². The minimum Gasteiger partial charge on any atom is -0.351 e. The van der Waals surface area contributed by atoms with Gasteiger partial charge in [-0.05, 0) is 0 Å². The molecule has 0 aromatic carbocycles. The third-order valence-electron chi connectivity index (χ3n) is 0.406. The Morgan fingerprint density at radius 1 is 1.25 bits per heavy atom. The summed E-state index contributed by atoms with van der Waals surface area (Å²) in [6.45, 7) is 0. The van der Waals surface area contributed by atoms with Crippen LogP contribution < -0.4 is 0 Å². The summed E-state index contributed by atoms with van der Waals surface area (Å²) in [5.41, 5.74) is 0. The Morgan fingerprint density at radius 3 is 2.00 bits per heavy atom. The smallest absolute Gasteiger partial charge is 0.0919 e. The van der Waals surface area contributed by atoms with Crippen LogP contribution in [-0.2, 0) is 0 Å². The van der Waals surface area contributed by atoms with Crippen molar-refractivity contribution in [2.45, 2.75) is 0 Å². The van der Waals surface area contributed by atoms with Gasteiger partial charge in [0.1, 0.15) is 0 Å². The number of aromatic amines is 1. The third kappa shape index (κ3) is 7.17. The molecule has 0 unspecified atom stereocenters. The third-order valence-corrected chi connectivity index (χ3v) is 0.406. The average Bonchev–Trinajstić information content (AvgIpc) is 1.76. The summed E-state index contributed by atoms with van der Waals surface area (Å²) in [5, 5.41) is 0. The quantitative estimate of drug-likeness (QED) is 0.422. The summed E-state index contributed by atoms with van der Waals surface area (Å²) in [7, 11) is 0. The molecule has 0 amide bonds. The van der Waals surface area contributed by atoms with Crippen LogP contribution in [0.15, 0.2) is 18.7 Å². The van der Waals surface area contributed by atoms with Crippen molar-refractivity contribution in [3.05, 3.63) is 18.7 Å². The van der Waals surface area contributed by atoms with Gasteiger partial charge >= 0.3 is 59.1 Å². The van der Waals surface area contributed by atoms with E-state index in [-0.39, 0.29) is 64.6 Å². The first kappa shape index (κ1) is 16.1. The summed E-state index contributed by atoms with van der Waals surface area (Å²) >= 11 is 0. The molecule has 0 atom stereocenters. The van der Waals surface area contributed by atoms with Crippen molar-refractivity contribution in [1.29, 1.82) is 0 Å². The van der Waals surface area contributed by atoms with Crippen molar-refractivity contribution in [3.8, 4) is 0 Å². The molecule has 3 N–H and O–H groups in total. The number of hydrogen-bond acceptors (Lipinski definition) is 1. The Labute approximate surface area is 92.2 Å². The van der Waals surface area contributed by atoms with E-state index < -0.39 is 0 Å². The molecule has 0 saturated carbocycles. The maximum absolute atomic E-state index is 3.67. The molecule has 1 rings (SSSR count). The number of rotatable bonds is 0. The molecule has 1 aromatic heterocycles. The molecule has 1 heterocycles. The number of aromatic nitrogens is 2. The molecular weight excluding hydrogens is 126 g/mol. The van der Waals surface area contributed by atoms with Crippen molar-refractivity contribution < 1.29 is 5.48 Å². The minimum absolute atomic E-state index is 0. The van der Waals surface area contributed by atoms with Crippen molar-refractivity contribution in [2.75, 3.05) is 0 Å². The van der Waals surface area contributed by atoms with Gasteiger partial charge < -0.3 is 10.5 Å². The zero-order valence-corrected chi connectivity index (χ0v) is 3.18. The molecule has 3 nitrogen and oxygen atoms in total. The topological polar surface area (TPSA) is 60.2 Å². The fourth-order valence-corrected chi connectivity index (χ4v) is 0.215. The standard InChI is InChI=1S/C3H4N2.2Na.H2O.2H/c1-2-5-3-4-1;;;;;/h1-3H,(H,4,5);;;1H2;;. The molecule has 0 radical (unpaired) electrons. The zero-order chi connectivity index (χ0) is 3.54. The van der Waals surface area contributed by atoms with Gasteiger partial charge in [0.05, 0.1) is 6.33 Å². The molecule has 0 aliphatic heterocycles. The fraction of sp³-hybridized carbons (Fsp3) is 0. The number of imidazole rings is 1. The molecule has 5 heteroatoms. The van der Waals surface area contributed by atoms with Crippen LogP contribution in [0.25, 0.3) is 0 Å². The number of hydrogen-bond donors (Lipinski definition) is 1. The Hall–Kier alpha value is 1.17. The molecule has 0 aliphatic carbocycles. The van der Waals surface area contributed by atoms with Crippen molar-refractivity contribution in [1.82, 2.24) is 9.97 Å². The SMILES string of the molecule is O.[NaH].[NaH].c1c[nH]cn1. The molecule has 0 saturated heterocycles.